The van der Waals surface area contributed by atoms with Gasteiger partial charge in [0.05, 0.1) is 16.6 Å². The standard InChI is InChI=1S/C24H25ClN6OS/c1-4-19(32)30-10-24(11-30)6-15(7-24)31-14(3)20(23(29-31)18-9-33-12-28-18)21-16(8-26)17(27)5-13(2)22(21)25/h4-5,8-9,12,15,26H,1,6-7,10-11,27H2,2-3H3. The van der Waals surface area contributed by atoms with E-state index in [1.54, 1.807) is 11.6 Å². The molecule has 3 aromatic rings. The first-order valence-electron chi connectivity index (χ1n) is 10.8. The number of rotatable bonds is 5. The monoisotopic (exact) mass is 480 g/mol. The lowest BCUT2D eigenvalue weighted by atomic mass is 9.60. The Labute approximate surface area is 201 Å². The van der Waals surface area contributed by atoms with Gasteiger partial charge >= 0.3 is 0 Å². The molecule has 2 aromatic heterocycles. The molecular formula is C24H25ClN6OS. The van der Waals surface area contributed by atoms with E-state index in [1.165, 1.54) is 23.6 Å². The van der Waals surface area contributed by atoms with Crippen molar-refractivity contribution in [3.05, 3.63) is 51.5 Å². The summed E-state index contributed by atoms with van der Waals surface area (Å²) in [6, 6.07) is 2.04. The van der Waals surface area contributed by atoms with Gasteiger partial charge in [0.15, 0.2) is 0 Å². The number of halogens is 1. The number of likely N-dealkylation sites (tertiary alicyclic amines) is 1. The number of hydrogen-bond acceptors (Lipinski definition) is 6. The van der Waals surface area contributed by atoms with Crippen molar-refractivity contribution in [3.63, 3.8) is 0 Å². The summed E-state index contributed by atoms with van der Waals surface area (Å²) in [5.74, 6) is -0.00157. The van der Waals surface area contributed by atoms with Crippen molar-refractivity contribution in [1.82, 2.24) is 19.7 Å². The quantitative estimate of drug-likeness (QED) is 0.309. The summed E-state index contributed by atoms with van der Waals surface area (Å²) < 4.78 is 2.08. The summed E-state index contributed by atoms with van der Waals surface area (Å²) in [5, 5.41) is 15.6. The number of amides is 1. The normalized spacial score (nSPS) is 17.0. The average Bonchev–Trinajstić information content (AvgIpc) is 3.37. The average molecular weight is 481 g/mol. The van der Waals surface area contributed by atoms with E-state index in [9.17, 15) is 4.79 Å². The van der Waals surface area contributed by atoms with E-state index in [0.717, 1.165) is 59.7 Å². The highest BCUT2D eigenvalue weighted by Crippen LogP contribution is 2.55. The smallest absolute Gasteiger partial charge is 0.245 e. The Bertz CT molecular complexity index is 1280. The fourth-order valence-electron chi connectivity index (χ4n) is 5.34. The van der Waals surface area contributed by atoms with Crippen LogP contribution in [0.3, 0.4) is 0 Å². The summed E-state index contributed by atoms with van der Waals surface area (Å²) >= 11 is 8.31. The second kappa shape index (κ2) is 7.81. The summed E-state index contributed by atoms with van der Waals surface area (Å²) in [7, 11) is 0. The van der Waals surface area contributed by atoms with Gasteiger partial charge in [0.1, 0.15) is 11.4 Å². The number of thiazole rings is 1. The third-order valence-corrected chi connectivity index (χ3v) is 8.03. The van der Waals surface area contributed by atoms with Gasteiger partial charge in [-0.3, -0.25) is 9.48 Å². The van der Waals surface area contributed by atoms with Gasteiger partial charge in [0.2, 0.25) is 5.91 Å². The molecule has 0 atom stereocenters. The van der Waals surface area contributed by atoms with Gasteiger partial charge in [-0.2, -0.15) is 5.10 Å². The molecule has 1 aliphatic carbocycles. The SMILES string of the molecule is C=CC(=O)N1CC2(CC(n3nc(-c4cscn4)c(-c4c(Cl)c(C)cc(N)c4C=N)c3C)C2)C1. The van der Waals surface area contributed by atoms with Crippen molar-refractivity contribution in [2.75, 3.05) is 18.8 Å². The molecule has 0 unspecified atom stereocenters. The largest absolute Gasteiger partial charge is 0.398 e. The highest BCUT2D eigenvalue weighted by Gasteiger charge is 2.54. The number of anilines is 1. The number of nitrogens with zero attached hydrogens (tertiary/aromatic N) is 4. The molecule has 9 heteroatoms. The van der Waals surface area contributed by atoms with Gasteiger partial charge in [-0.05, 0) is 44.4 Å². The molecular weight excluding hydrogens is 456 g/mol. The van der Waals surface area contributed by atoms with Gasteiger partial charge in [0.25, 0.3) is 0 Å². The summed E-state index contributed by atoms with van der Waals surface area (Å²) in [6.07, 6.45) is 4.57. The van der Waals surface area contributed by atoms with Crippen LogP contribution in [0.25, 0.3) is 22.5 Å². The van der Waals surface area contributed by atoms with E-state index < -0.39 is 0 Å². The number of carbonyl (C=O) groups excluding carboxylic acids is 1. The first kappa shape index (κ1) is 21.9. The van der Waals surface area contributed by atoms with Gasteiger partial charge in [-0.15, -0.1) is 11.3 Å². The van der Waals surface area contributed by atoms with Crippen LogP contribution in [0.15, 0.2) is 29.6 Å². The molecule has 33 heavy (non-hydrogen) atoms. The van der Waals surface area contributed by atoms with Crippen molar-refractivity contribution < 1.29 is 4.79 Å². The van der Waals surface area contributed by atoms with E-state index in [-0.39, 0.29) is 17.4 Å². The molecule has 1 amide bonds. The Kier molecular flexibility index (Phi) is 5.17. The fourth-order valence-corrected chi connectivity index (χ4v) is 6.12. The van der Waals surface area contributed by atoms with Gasteiger partial charge in [-0.1, -0.05) is 18.2 Å². The maximum Gasteiger partial charge on any atom is 0.245 e. The predicted octanol–water partition coefficient (Wildman–Crippen LogP) is 4.87. The van der Waals surface area contributed by atoms with Crippen LogP contribution in [0, 0.1) is 24.7 Å². The van der Waals surface area contributed by atoms with Crippen LogP contribution in [-0.4, -0.2) is 44.9 Å². The molecule has 2 fully saturated rings. The molecule has 2 aliphatic rings. The zero-order valence-corrected chi connectivity index (χ0v) is 20.1. The fraction of sp³-hybridized carbons (Fsp3) is 0.333. The summed E-state index contributed by atoms with van der Waals surface area (Å²) in [6.45, 7) is 9.09. The van der Waals surface area contributed by atoms with Crippen LogP contribution in [0.5, 0.6) is 0 Å². The number of hydrogen-bond donors (Lipinski definition) is 2. The predicted molar refractivity (Wildman–Crippen MR) is 133 cm³/mol. The molecule has 170 valence electrons. The van der Waals surface area contributed by atoms with Crippen LogP contribution in [-0.2, 0) is 4.79 Å². The van der Waals surface area contributed by atoms with Crippen LogP contribution in [0.4, 0.5) is 5.69 Å². The molecule has 1 aromatic carbocycles. The van der Waals surface area contributed by atoms with Gasteiger partial charge in [0, 0.05) is 58.2 Å². The van der Waals surface area contributed by atoms with Crippen molar-refractivity contribution in [1.29, 1.82) is 5.41 Å². The highest BCUT2D eigenvalue weighted by molar-refractivity contribution is 7.07. The number of nitrogen functional groups attached to an aromatic ring is 1. The minimum absolute atomic E-state index is 0.00157. The van der Waals surface area contributed by atoms with Crippen molar-refractivity contribution >= 4 is 40.7 Å². The third kappa shape index (κ3) is 3.31. The lowest BCUT2D eigenvalue weighted by molar-refractivity contribution is -0.149. The number of nitrogens with one attached hydrogen (secondary N) is 1. The van der Waals surface area contributed by atoms with Crippen LogP contribution in [0.2, 0.25) is 5.02 Å². The van der Waals surface area contributed by atoms with E-state index in [1.807, 2.05) is 24.1 Å². The zero-order chi connectivity index (χ0) is 23.5. The number of benzene rings is 1. The Morgan fingerprint density at radius 1 is 1.36 bits per heavy atom. The van der Waals surface area contributed by atoms with Crippen molar-refractivity contribution in [2.45, 2.75) is 32.7 Å². The Balaban J connectivity index is 1.57. The molecule has 1 spiro atoms. The lowest BCUT2D eigenvalue weighted by Crippen LogP contribution is -2.63. The molecule has 7 nitrogen and oxygen atoms in total. The number of carbonyl (C=O) groups is 1. The molecule has 1 saturated carbocycles. The number of nitrogens with two attached hydrogens (primary N) is 1. The first-order chi connectivity index (χ1) is 15.8. The Morgan fingerprint density at radius 3 is 2.70 bits per heavy atom. The second-order valence-electron chi connectivity index (χ2n) is 9.12. The molecule has 5 rings (SSSR count). The molecule has 3 heterocycles. The van der Waals surface area contributed by atoms with Crippen LogP contribution in [0.1, 0.15) is 35.7 Å². The van der Waals surface area contributed by atoms with E-state index in [4.69, 9.17) is 27.8 Å². The number of aryl methyl sites for hydroxylation is 1. The zero-order valence-electron chi connectivity index (χ0n) is 18.6. The third-order valence-electron chi connectivity index (χ3n) is 6.96. The lowest BCUT2D eigenvalue weighted by Gasteiger charge is -2.58. The molecule has 3 N–H and O–H groups in total. The molecule has 1 saturated heterocycles. The van der Waals surface area contributed by atoms with Crippen LogP contribution >= 0.6 is 22.9 Å². The van der Waals surface area contributed by atoms with E-state index in [2.05, 4.69) is 16.2 Å². The molecule has 0 radical (unpaired) electrons. The topological polar surface area (TPSA) is 101 Å². The second-order valence-corrected chi connectivity index (χ2v) is 10.2. The first-order valence-corrected chi connectivity index (χ1v) is 12.1. The molecule has 1 aliphatic heterocycles. The maximum atomic E-state index is 11.9. The maximum absolute atomic E-state index is 11.9. The minimum Gasteiger partial charge on any atom is -0.398 e. The number of aromatic nitrogens is 3. The highest BCUT2D eigenvalue weighted by atomic mass is 35.5. The van der Waals surface area contributed by atoms with Crippen molar-refractivity contribution in [3.8, 4) is 22.5 Å². The molecule has 0 bridgehead atoms. The minimum atomic E-state index is -0.00157. The summed E-state index contributed by atoms with van der Waals surface area (Å²) in [5.41, 5.74) is 14.3. The Hall–Kier alpha value is -2.97. The van der Waals surface area contributed by atoms with Crippen molar-refractivity contribution in [2.24, 2.45) is 5.41 Å². The van der Waals surface area contributed by atoms with Gasteiger partial charge in [-0.25, -0.2) is 4.98 Å². The van der Waals surface area contributed by atoms with E-state index in [0.29, 0.717) is 16.3 Å². The summed E-state index contributed by atoms with van der Waals surface area (Å²) in [4.78, 5) is 18.2. The van der Waals surface area contributed by atoms with Gasteiger partial charge < -0.3 is 16.0 Å². The Morgan fingerprint density at radius 2 is 2.09 bits per heavy atom. The van der Waals surface area contributed by atoms with Crippen LogP contribution < -0.4 is 5.73 Å². The van der Waals surface area contributed by atoms with E-state index >= 15 is 0 Å².